The Morgan fingerprint density at radius 1 is 1.35 bits per heavy atom. The van der Waals surface area contributed by atoms with E-state index in [0.29, 0.717) is 34.8 Å². The summed E-state index contributed by atoms with van der Waals surface area (Å²) in [6.07, 6.45) is 3.05. The minimum Gasteiger partial charge on any atom is -0.342 e. The Labute approximate surface area is 147 Å². The van der Waals surface area contributed by atoms with Gasteiger partial charge in [0.25, 0.3) is 0 Å². The molecule has 4 rings (SSSR count). The standard InChI is InChI=1S/C19H26BrNO2/c1-4-6-21(7-5-2)18(23)16-14-11-8-12-13(10(11)3)17(22)19(16,9-20)15(12)14/h11-16H,3-9H2,1-2H3. The number of rotatable bonds is 6. The van der Waals surface area contributed by atoms with Gasteiger partial charge in [-0.3, -0.25) is 9.59 Å². The topological polar surface area (TPSA) is 37.4 Å². The van der Waals surface area contributed by atoms with E-state index in [1.165, 1.54) is 0 Å². The van der Waals surface area contributed by atoms with Gasteiger partial charge in [-0.05, 0) is 42.9 Å². The molecule has 4 aliphatic rings. The van der Waals surface area contributed by atoms with Crippen LogP contribution in [-0.2, 0) is 9.59 Å². The predicted octanol–water partition coefficient (Wildman–Crippen LogP) is 3.28. The number of carbonyl (C=O) groups excluding carboxylic acids is 2. The Hall–Kier alpha value is -0.640. The molecule has 4 heteroatoms. The highest BCUT2D eigenvalue weighted by molar-refractivity contribution is 9.09. The zero-order chi connectivity index (χ0) is 16.5. The van der Waals surface area contributed by atoms with Crippen LogP contribution in [0.2, 0.25) is 0 Å². The van der Waals surface area contributed by atoms with Crippen molar-refractivity contribution in [1.82, 2.24) is 4.90 Å². The fraction of sp³-hybridized carbons (Fsp3) is 0.789. The molecule has 1 amide bonds. The molecule has 0 aliphatic heterocycles. The molecule has 3 nitrogen and oxygen atoms in total. The van der Waals surface area contributed by atoms with Crippen LogP contribution in [-0.4, -0.2) is 35.0 Å². The Morgan fingerprint density at radius 2 is 2.00 bits per heavy atom. The van der Waals surface area contributed by atoms with Crippen molar-refractivity contribution in [2.75, 3.05) is 18.4 Å². The van der Waals surface area contributed by atoms with Crippen LogP contribution in [0.3, 0.4) is 0 Å². The fourth-order valence-electron chi connectivity index (χ4n) is 6.64. The summed E-state index contributed by atoms with van der Waals surface area (Å²) in [6, 6.07) is 0. The summed E-state index contributed by atoms with van der Waals surface area (Å²) in [5.41, 5.74) is 0.724. The molecule has 0 aromatic carbocycles. The average Bonchev–Trinajstić information content (AvgIpc) is 3.02. The summed E-state index contributed by atoms with van der Waals surface area (Å²) in [4.78, 5) is 28.6. The van der Waals surface area contributed by atoms with E-state index in [4.69, 9.17) is 0 Å². The molecular formula is C19H26BrNO2. The lowest BCUT2D eigenvalue weighted by atomic mass is 9.47. The molecule has 0 saturated heterocycles. The van der Waals surface area contributed by atoms with E-state index in [1.807, 2.05) is 4.90 Å². The van der Waals surface area contributed by atoms with E-state index in [9.17, 15) is 9.59 Å². The van der Waals surface area contributed by atoms with Gasteiger partial charge in [-0.25, -0.2) is 0 Å². The number of ketones is 1. The molecule has 4 saturated carbocycles. The number of carbonyl (C=O) groups is 2. The van der Waals surface area contributed by atoms with E-state index in [-0.39, 0.29) is 17.7 Å². The maximum Gasteiger partial charge on any atom is 0.227 e. The van der Waals surface area contributed by atoms with Gasteiger partial charge in [0.2, 0.25) is 5.91 Å². The molecule has 23 heavy (non-hydrogen) atoms. The third-order valence-electron chi connectivity index (χ3n) is 7.23. The molecule has 0 radical (unpaired) electrons. The van der Waals surface area contributed by atoms with E-state index in [1.54, 1.807) is 0 Å². The number of Topliss-reactive ketones (excluding diaryl/α,β-unsaturated/α-hetero) is 1. The van der Waals surface area contributed by atoms with Crippen molar-refractivity contribution in [3.63, 3.8) is 0 Å². The lowest BCUT2D eigenvalue weighted by Gasteiger charge is -2.56. The molecule has 0 aromatic rings. The van der Waals surface area contributed by atoms with Gasteiger partial charge in [0.1, 0.15) is 5.78 Å². The number of fused-ring (bicyclic) bond motifs is 2. The number of hydrogen-bond acceptors (Lipinski definition) is 2. The van der Waals surface area contributed by atoms with Crippen molar-refractivity contribution >= 4 is 27.6 Å². The lowest BCUT2D eigenvalue weighted by molar-refractivity contribution is -0.169. The third-order valence-corrected chi connectivity index (χ3v) is 8.16. The number of nitrogens with zero attached hydrogens (tertiary/aromatic N) is 1. The van der Waals surface area contributed by atoms with Crippen LogP contribution in [0.5, 0.6) is 0 Å². The van der Waals surface area contributed by atoms with Crippen LogP contribution in [0.1, 0.15) is 33.1 Å². The number of alkyl halides is 1. The van der Waals surface area contributed by atoms with Gasteiger partial charge in [-0.1, -0.05) is 41.9 Å². The third kappa shape index (κ3) is 1.62. The lowest BCUT2D eigenvalue weighted by Crippen LogP contribution is -2.64. The van der Waals surface area contributed by atoms with E-state index in [0.717, 1.165) is 37.9 Å². The Balaban J connectivity index is 1.71. The summed E-state index contributed by atoms with van der Waals surface area (Å²) in [5.74, 6) is 2.26. The Bertz CT molecular complexity index is 582. The second kappa shape index (κ2) is 5.18. The highest BCUT2D eigenvalue weighted by Gasteiger charge is 2.83. The van der Waals surface area contributed by atoms with Gasteiger partial charge in [0, 0.05) is 24.3 Å². The highest BCUT2D eigenvalue weighted by atomic mass is 79.9. The highest BCUT2D eigenvalue weighted by Crippen LogP contribution is 2.80. The van der Waals surface area contributed by atoms with Gasteiger partial charge in [0.15, 0.2) is 0 Å². The molecule has 0 N–H and O–H groups in total. The minimum absolute atomic E-state index is 0.0578. The van der Waals surface area contributed by atoms with Crippen LogP contribution >= 0.6 is 15.9 Å². The Morgan fingerprint density at radius 3 is 2.57 bits per heavy atom. The first-order valence-corrected chi connectivity index (χ1v) is 10.2. The van der Waals surface area contributed by atoms with E-state index in [2.05, 4.69) is 36.4 Å². The molecule has 4 aliphatic carbocycles. The van der Waals surface area contributed by atoms with Crippen LogP contribution in [0.25, 0.3) is 0 Å². The zero-order valence-electron chi connectivity index (χ0n) is 14.1. The first kappa shape index (κ1) is 15.9. The second-order valence-corrected chi connectivity index (χ2v) is 8.56. The van der Waals surface area contributed by atoms with Gasteiger partial charge in [-0.15, -0.1) is 0 Å². The summed E-state index contributed by atoms with van der Waals surface area (Å²) >= 11 is 3.63. The number of allylic oxidation sites excluding steroid dienone is 1. The van der Waals surface area contributed by atoms with Crippen molar-refractivity contribution in [2.24, 2.45) is 40.9 Å². The molecule has 0 aromatic heterocycles. The molecule has 4 fully saturated rings. The summed E-state index contributed by atoms with van der Waals surface area (Å²) in [7, 11) is 0. The fourth-order valence-corrected chi connectivity index (χ4v) is 7.64. The molecule has 126 valence electrons. The van der Waals surface area contributed by atoms with Crippen LogP contribution in [0.15, 0.2) is 12.2 Å². The normalized spacial score (nSPS) is 45.5. The molecule has 2 bridgehead atoms. The van der Waals surface area contributed by atoms with Crippen LogP contribution in [0, 0.1) is 40.9 Å². The van der Waals surface area contributed by atoms with E-state index >= 15 is 0 Å². The zero-order valence-corrected chi connectivity index (χ0v) is 15.6. The maximum absolute atomic E-state index is 13.3. The Kier molecular flexibility index (Phi) is 3.57. The molecule has 7 unspecified atom stereocenters. The predicted molar refractivity (Wildman–Crippen MR) is 93.1 cm³/mol. The number of halogens is 1. The van der Waals surface area contributed by atoms with Crippen molar-refractivity contribution in [2.45, 2.75) is 33.1 Å². The first-order valence-electron chi connectivity index (χ1n) is 9.12. The molecule has 7 atom stereocenters. The summed E-state index contributed by atoms with van der Waals surface area (Å²) in [5, 5.41) is 0.648. The largest absolute Gasteiger partial charge is 0.342 e. The molecular weight excluding hydrogens is 354 g/mol. The second-order valence-electron chi connectivity index (χ2n) is 8.00. The maximum atomic E-state index is 13.3. The van der Waals surface area contributed by atoms with Crippen molar-refractivity contribution in [1.29, 1.82) is 0 Å². The number of amides is 1. The van der Waals surface area contributed by atoms with Gasteiger partial charge in [-0.2, -0.15) is 0 Å². The summed E-state index contributed by atoms with van der Waals surface area (Å²) < 4.78 is 0. The monoisotopic (exact) mass is 379 g/mol. The molecule has 0 heterocycles. The van der Waals surface area contributed by atoms with E-state index < -0.39 is 5.41 Å². The minimum atomic E-state index is -0.426. The smallest absolute Gasteiger partial charge is 0.227 e. The van der Waals surface area contributed by atoms with Crippen LogP contribution in [0.4, 0.5) is 0 Å². The first-order chi connectivity index (χ1) is 11.0. The van der Waals surface area contributed by atoms with Crippen LogP contribution < -0.4 is 0 Å². The average molecular weight is 380 g/mol. The SMILES string of the molecule is C=C1C2CC3C1C(=O)C1(CBr)C(C(=O)N(CCC)CCC)C2C31. The number of hydrogen-bond donors (Lipinski definition) is 0. The van der Waals surface area contributed by atoms with Gasteiger partial charge in [0.05, 0.1) is 11.3 Å². The van der Waals surface area contributed by atoms with Gasteiger partial charge >= 0.3 is 0 Å². The van der Waals surface area contributed by atoms with Gasteiger partial charge < -0.3 is 4.90 Å². The summed E-state index contributed by atoms with van der Waals surface area (Å²) in [6.45, 7) is 10.1. The van der Waals surface area contributed by atoms with Crippen molar-refractivity contribution in [3.8, 4) is 0 Å². The quantitative estimate of drug-likeness (QED) is 0.524. The van der Waals surface area contributed by atoms with Crippen molar-refractivity contribution < 1.29 is 9.59 Å². The molecule has 0 spiro atoms. The van der Waals surface area contributed by atoms with Crippen molar-refractivity contribution in [3.05, 3.63) is 12.2 Å².